The predicted molar refractivity (Wildman–Crippen MR) is 51.5 cm³/mol. The van der Waals surface area contributed by atoms with Crippen LogP contribution >= 0.6 is 0 Å². The van der Waals surface area contributed by atoms with Gasteiger partial charge < -0.3 is 9.72 Å². The zero-order valence-corrected chi connectivity index (χ0v) is 8.04. The number of para-hydroxylation sites is 1. The second kappa shape index (κ2) is 3.38. The van der Waals surface area contributed by atoms with Crippen LogP contribution in [0.4, 0.5) is 4.39 Å². The molecule has 1 heterocycles. The number of imidazole rings is 1. The minimum Gasteiger partial charge on any atom is -0.374 e. The summed E-state index contributed by atoms with van der Waals surface area (Å²) in [5.74, 6) is 0.334. The molecule has 0 aliphatic heterocycles. The van der Waals surface area contributed by atoms with Crippen molar-refractivity contribution in [1.29, 1.82) is 0 Å². The third kappa shape index (κ3) is 1.37. The number of aromatic amines is 1. The first-order valence-corrected chi connectivity index (χ1v) is 4.39. The molecule has 0 radical (unpaired) electrons. The van der Waals surface area contributed by atoms with E-state index in [0.29, 0.717) is 16.9 Å². The van der Waals surface area contributed by atoms with Crippen molar-refractivity contribution >= 4 is 11.0 Å². The van der Waals surface area contributed by atoms with Crippen LogP contribution in [0.3, 0.4) is 0 Å². The first-order chi connectivity index (χ1) is 6.72. The van der Waals surface area contributed by atoms with Crippen LogP contribution in [-0.4, -0.2) is 17.1 Å². The Kier molecular flexibility index (Phi) is 2.21. The van der Waals surface area contributed by atoms with E-state index in [1.54, 1.807) is 19.2 Å². The number of ether oxygens (including phenoxy) is 1. The highest BCUT2D eigenvalue weighted by Crippen LogP contribution is 2.19. The quantitative estimate of drug-likeness (QED) is 0.797. The van der Waals surface area contributed by atoms with E-state index in [1.807, 2.05) is 6.92 Å². The van der Waals surface area contributed by atoms with Crippen LogP contribution in [0.2, 0.25) is 0 Å². The normalized spacial score (nSPS) is 13.4. The van der Waals surface area contributed by atoms with Crippen molar-refractivity contribution in [2.24, 2.45) is 0 Å². The third-order valence-electron chi connectivity index (χ3n) is 2.22. The maximum Gasteiger partial charge on any atom is 0.151 e. The Morgan fingerprint density at radius 3 is 2.93 bits per heavy atom. The van der Waals surface area contributed by atoms with E-state index in [4.69, 9.17) is 4.74 Å². The molecule has 2 aromatic rings. The fraction of sp³-hybridized carbons (Fsp3) is 0.300. The zero-order valence-electron chi connectivity index (χ0n) is 8.04. The molecule has 14 heavy (non-hydrogen) atoms. The molecule has 0 saturated carbocycles. The Bertz CT molecular complexity index is 452. The lowest BCUT2D eigenvalue weighted by Crippen LogP contribution is -1.97. The maximum absolute atomic E-state index is 13.2. The highest BCUT2D eigenvalue weighted by Gasteiger charge is 2.11. The summed E-state index contributed by atoms with van der Waals surface area (Å²) in [6.45, 7) is 1.86. The third-order valence-corrected chi connectivity index (χ3v) is 2.22. The van der Waals surface area contributed by atoms with Gasteiger partial charge in [-0.15, -0.1) is 0 Å². The first-order valence-electron chi connectivity index (χ1n) is 4.39. The van der Waals surface area contributed by atoms with Gasteiger partial charge in [0, 0.05) is 7.11 Å². The van der Waals surface area contributed by atoms with E-state index in [0.717, 1.165) is 0 Å². The molecular weight excluding hydrogens is 183 g/mol. The van der Waals surface area contributed by atoms with Gasteiger partial charge in [0.1, 0.15) is 17.4 Å². The van der Waals surface area contributed by atoms with Gasteiger partial charge in [0.05, 0.1) is 5.52 Å². The molecule has 1 N–H and O–H groups in total. The smallest absolute Gasteiger partial charge is 0.151 e. The summed E-state index contributed by atoms with van der Waals surface area (Å²) >= 11 is 0. The van der Waals surface area contributed by atoms with E-state index >= 15 is 0 Å². The number of methoxy groups -OCH3 is 1. The van der Waals surface area contributed by atoms with Crippen LogP contribution in [0.15, 0.2) is 18.2 Å². The first kappa shape index (κ1) is 9.15. The summed E-state index contributed by atoms with van der Waals surface area (Å²) in [6.07, 6.45) is -0.151. The number of benzene rings is 1. The number of hydrogen-bond donors (Lipinski definition) is 1. The molecular formula is C10H11FN2O. The molecule has 1 aromatic heterocycles. The second-order valence-corrected chi connectivity index (χ2v) is 3.14. The van der Waals surface area contributed by atoms with E-state index in [2.05, 4.69) is 9.97 Å². The predicted octanol–water partition coefficient (Wildman–Crippen LogP) is 2.41. The Labute approximate surface area is 80.9 Å². The highest BCUT2D eigenvalue weighted by molar-refractivity contribution is 5.75. The minimum absolute atomic E-state index is 0.151. The molecule has 0 spiro atoms. The Hall–Kier alpha value is -1.42. The van der Waals surface area contributed by atoms with Gasteiger partial charge in [-0.3, -0.25) is 0 Å². The monoisotopic (exact) mass is 194 g/mol. The summed E-state index contributed by atoms with van der Waals surface area (Å²) in [5.41, 5.74) is 1.07. The van der Waals surface area contributed by atoms with Crippen LogP contribution in [0.5, 0.6) is 0 Å². The van der Waals surface area contributed by atoms with Gasteiger partial charge in [0.25, 0.3) is 0 Å². The number of hydrogen-bond acceptors (Lipinski definition) is 2. The van der Waals surface area contributed by atoms with Gasteiger partial charge in [-0.05, 0) is 19.1 Å². The van der Waals surface area contributed by atoms with Gasteiger partial charge in [-0.2, -0.15) is 0 Å². The minimum atomic E-state index is -0.312. The van der Waals surface area contributed by atoms with E-state index in [9.17, 15) is 4.39 Å². The molecule has 74 valence electrons. The molecule has 1 unspecified atom stereocenters. The van der Waals surface area contributed by atoms with Crippen molar-refractivity contribution in [2.75, 3.05) is 7.11 Å². The van der Waals surface area contributed by atoms with Gasteiger partial charge in [0.2, 0.25) is 0 Å². The number of H-pyrrole nitrogens is 1. The van der Waals surface area contributed by atoms with Crippen LogP contribution in [0.1, 0.15) is 18.9 Å². The van der Waals surface area contributed by atoms with Gasteiger partial charge in [0.15, 0.2) is 5.82 Å². The van der Waals surface area contributed by atoms with E-state index < -0.39 is 0 Å². The summed E-state index contributed by atoms with van der Waals surface area (Å²) in [6, 6.07) is 4.83. The van der Waals surface area contributed by atoms with E-state index in [1.165, 1.54) is 6.07 Å². The molecule has 0 fully saturated rings. The lowest BCUT2D eigenvalue weighted by molar-refractivity contribution is 0.113. The summed E-state index contributed by atoms with van der Waals surface area (Å²) < 4.78 is 18.3. The van der Waals surface area contributed by atoms with Crippen LogP contribution < -0.4 is 0 Å². The van der Waals surface area contributed by atoms with Crippen molar-refractivity contribution < 1.29 is 9.13 Å². The van der Waals surface area contributed by atoms with Crippen molar-refractivity contribution in [1.82, 2.24) is 9.97 Å². The van der Waals surface area contributed by atoms with Crippen molar-refractivity contribution in [3.8, 4) is 0 Å². The van der Waals surface area contributed by atoms with Gasteiger partial charge >= 0.3 is 0 Å². The molecule has 3 nitrogen and oxygen atoms in total. The van der Waals surface area contributed by atoms with Crippen molar-refractivity contribution in [3.63, 3.8) is 0 Å². The number of rotatable bonds is 2. The van der Waals surface area contributed by atoms with Crippen molar-refractivity contribution in [3.05, 3.63) is 29.8 Å². The average molecular weight is 194 g/mol. The standard InChI is InChI=1S/C10H11FN2O/c1-6(14-2)10-12-8-5-3-4-7(11)9(8)13-10/h3-6H,1-2H3,(H,12,13). The van der Waals surface area contributed by atoms with Gasteiger partial charge in [-0.1, -0.05) is 6.07 Å². The number of nitrogens with zero attached hydrogens (tertiary/aromatic N) is 1. The molecule has 1 atom stereocenters. The SMILES string of the molecule is COC(C)c1nc2c(F)cccc2[nH]1. The molecule has 1 aromatic carbocycles. The van der Waals surface area contributed by atoms with Crippen LogP contribution in [0, 0.1) is 5.82 Å². The molecule has 0 aliphatic carbocycles. The number of halogens is 1. The van der Waals surface area contributed by atoms with Gasteiger partial charge in [-0.25, -0.2) is 9.37 Å². The zero-order chi connectivity index (χ0) is 10.1. The molecule has 4 heteroatoms. The highest BCUT2D eigenvalue weighted by atomic mass is 19.1. The number of aromatic nitrogens is 2. The Morgan fingerprint density at radius 1 is 1.50 bits per heavy atom. The van der Waals surface area contributed by atoms with Crippen LogP contribution in [0.25, 0.3) is 11.0 Å². The average Bonchev–Trinajstić information content (AvgIpc) is 2.62. The fourth-order valence-corrected chi connectivity index (χ4v) is 1.32. The topological polar surface area (TPSA) is 37.9 Å². The van der Waals surface area contributed by atoms with Crippen LogP contribution in [-0.2, 0) is 4.74 Å². The molecule has 0 amide bonds. The molecule has 0 saturated heterocycles. The largest absolute Gasteiger partial charge is 0.374 e. The maximum atomic E-state index is 13.2. The number of nitrogens with one attached hydrogen (secondary N) is 1. The number of fused-ring (bicyclic) bond motifs is 1. The Balaban J connectivity index is 2.56. The fourth-order valence-electron chi connectivity index (χ4n) is 1.32. The lowest BCUT2D eigenvalue weighted by atomic mass is 10.3. The Morgan fingerprint density at radius 2 is 2.29 bits per heavy atom. The lowest BCUT2D eigenvalue weighted by Gasteiger charge is -2.03. The van der Waals surface area contributed by atoms with E-state index in [-0.39, 0.29) is 11.9 Å². The molecule has 0 aliphatic rings. The summed E-state index contributed by atoms with van der Waals surface area (Å²) in [5, 5.41) is 0. The summed E-state index contributed by atoms with van der Waals surface area (Å²) in [4.78, 5) is 7.14. The molecule has 0 bridgehead atoms. The second-order valence-electron chi connectivity index (χ2n) is 3.14. The molecule has 2 rings (SSSR count). The van der Waals surface area contributed by atoms with Crippen molar-refractivity contribution in [2.45, 2.75) is 13.0 Å². The summed E-state index contributed by atoms with van der Waals surface area (Å²) in [7, 11) is 1.59.